The van der Waals surface area contributed by atoms with Gasteiger partial charge in [0.05, 0.1) is 12.9 Å². The summed E-state index contributed by atoms with van der Waals surface area (Å²) in [5.41, 5.74) is -0.766. The molecular formula is C12H10BrF2N5O3. The molecule has 1 amide bonds. The Morgan fingerprint density at radius 1 is 1.52 bits per heavy atom. The van der Waals surface area contributed by atoms with E-state index in [0.29, 0.717) is 4.47 Å². The van der Waals surface area contributed by atoms with Crippen LogP contribution < -0.4 is 11.0 Å². The van der Waals surface area contributed by atoms with Crippen LogP contribution in [0.15, 0.2) is 39.8 Å². The molecule has 0 aliphatic carbocycles. The molecule has 0 atom stereocenters. The number of hydrogen-bond acceptors (Lipinski definition) is 4. The van der Waals surface area contributed by atoms with Crippen molar-refractivity contribution in [3.8, 4) is 5.82 Å². The fourth-order valence-corrected chi connectivity index (χ4v) is 1.99. The Bertz CT molecular complexity index is 817. The Morgan fingerprint density at radius 2 is 2.26 bits per heavy atom. The highest BCUT2D eigenvalue weighted by Crippen LogP contribution is 2.14. The first-order valence-electron chi connectivity index (χ1n) is 6.13. The molecule has 0 saturated heterocycles. The number of aromatic nitrogens is 4. The van der Waals surface area contributed by atoms with Crippen LogP contribution in [0.2, 0.25) is 0 Å². The van der Waals surface area contributed by atoms with E-state index in [-0.39, 0.29) is 30.8 Å². The number of nitrogens with zero attached hydrogens (tertiary/aromatic N) is 4. The van der Waals surface area contributed by atoms with Gasteiger partial charge in [0, 0.05) is 17.2 Å². The lowest BCUT2D eigenvalue weighted by atomic mass is 10.3. The van der Waals surface area contributed by atoms with Crippen molar-refractivity contribution in [2.45, 2.75) is 6.54 Å². The summed E-state index contributed by atoms with van der Waals surface area (Å²) in [6.45, 7) is -0.600. The number of hydrogen-bond donors (Lipinski definition) is 2. The lowest BCUT2D eigenvalue weighted by Crippen LogP contribution is -2.29. The van der Waals surface area contributed by atoms with Crippen LogP contribution >= 0.6 is 15.9 Å². The lowest BCUT2D eigenvalue weighted by Gasteiger charge is -2.05. The van der Waals surface area contributed by atoms with Gasteiger partial charge in [-0.05, 0) is 27.6 Å². The molecule has 0 aliphatic rings. The Hall–Kier alpha value is -2.56. The van der Waals surface area contributed by atoms with Crippen LogP contribution in [0.1, 0.15) is 0 Å². The minimum absolute atomic E-state index is 0.0241. The van der Waals surface area contributed by atoms with E-state index in [2.05, 4.69) is 26.0 Å². The molecule has 122 valence electrons. The van der Waals surface area contributed by atoms with Crippen LogP contribution in [0.3, 0.4) is 0 Å². The molecule has 0 aromatic carbocycles. The average molecular weight is 390 g/mol. The molecule has 0 saturated carbocycles. The molecule has 2 aromatic heterocycles. The van der Waals surface area contributed by atoms with Gasteiger partial charge < -0.3 is 10.4 Å². The molecule has 8 nitrogen and oxygen atoms in total. The topological polar surface area (TPSA) is 102 Å². The molecule has 0 fully saturated rings. The molecule has 0 aliphatic heterocycles. The van der Waals surface area contributed by atoms with E-state index in [1.54, 1.807) is 0 Å². The van der Waals surface area contributed by atoms with Crippen molar-refractivity contribution in [3.05, 3.63) is 51.3 Å². The molecule has 0 unspecified atom stereocenters. The van der Waals surface area contributed by atoms with Crippen molar-refractivity contribution in [2.24, 2.45) is 0 Å². The van der Waals surface area contributed by atoms with E-state index in [4.69, 9.17) is 5.11 Å². The summed E-state index contributed by atoms with van der Waals surface area (Å²) >= 11 is 3.05. The molecule has 23 heavy (non-hydrogen) atoms. The minimum atomic E-state index is -1.33. The number of rotatable bonds is 5. The van der Waals surface area contributed by atoms with Crippen molar-refractivity contribution in [3.63, 3.8) is 0 Å². The number of carboxylic acid groups (broad SMARTS) is 1. The first-order valence-corrected chi connectivity index (χ1v) is 6.92. The summed E-state index contributed by atoms with van der Waals surface area (Å²) in [5.74, 6) is -0.992. The third-order valence-electron chi connectivity index (χ3n) is 2.72. The number of carbonyl (C=O) groups is 1. The van der Waals surface area contributed by atoms with E-state index in [0.717, 1.165) is 21.6 Å². The van der Waals surface area contributed by atoms with Gasteiger partial charge in [-0.1, -0.05) is 0 Å². The zero-order valence-electron chi connectivity index (χ0n) is 11.4. The van der Waals surface area contributed by atoms with Gasteiger partial charge in [-0.3, -0.25) is 0 Å². The molecule has 0 bridgehead atoms. The highest BCUT2D eigenvalue weighted by atomic mass is 79.9. The summed E-state index contributed by atoms with van der Waals surface area (Å²) in [6, 6.07) is 1.13. The molecular weight excluding hydrogens is 380 g/mol. The summed E-state index contributed by atoms with van der Waals surface area (Å²) in [5, 5.41) is 14.2. The third-order valence-corrected chi connectivity index (χ3v) is 3.16. The van der Waals surface area contributed by atoms with Gasteiger partial charge >= 0.3 is 11.8 Å². The fourth-order valence-electron chi connectivity index (χ4n) is 1.69. The highest BCUT2D eigenvalue weighted by molar-refractivity contribution is 9.10. The Labute approximate surface area is 136 Å². The summed E-state index contributed by atoms with van der Waals surface area (Å²) in [6.07, 6.45) is 1.21. The maximum Gasteiger partial charge on any atom is 0.404 e. The van der Waals surface area contributed by atoms with Crippen LogP contribution in [-0.4, -0.2) is 37.1 Å². The molecule has 2 heterocycles. The molecule has 0 spiro atoms. The van der Waals surface area contributed by atoms with Crippen molar-refractivity contribution in [1.29, 1.82) is 0 Å². The highest BCUT2D eigenvalue weighted by Gasteiger charge is 2.14. The second-order valence-electron chi connectivity index (χ2n) is 4.33. The lowest BCUT2D eigenvalue weighted by molar-refractivity contribution is 0.195. The van der Waals surface area contributed by atoms with E-state index in [9.17, 15) is 18.4 Å². The van der Waals surface area contributed by atoms with Gasteiger partial charge in [-0.15, -0.1) is 0 Å². The maximum absolute atomic E-state index is 13.8. The van der Waals surface area contributed by atoms with Crippen LogP contribution in [-0.2, 0) is 6.54 Å². The van der Waals surface area contributed by atoms with Gasteiger partial charge in [0.2, 0.25) is 0 Å². The van der Waals surface area contributed by atoms with Crippen molar-refractivity contribution < 1.29 is 18.7 Å². The average Bonchev–Trinajstić information content (AvgIpc) is 2.84. The van der Waals surface area contributed by atoms with E-state index >= 15 is 0 Å². The van der Waals surface area contributed by atoms with Crippen molar-refractivity contribution in [2.75, 3.05) is 6.54 Å². The van der Waals surface area contributed by atoms with Gasteiger partial charge in [0.15, 0.2) is 11.6 Å². The van der Waals surface area contributed by atoms with Crippen molar-refractivity contribution in [1.82, 2.24) is 24.6 Å². The quantitative estimate of drug-likeness (QED) is 0.805. The van der Waals surface area contributed by atoms with E-state index in [1.165, 1.54) is 6.20 Å². The minimum Gasteiger partial charge on any atom is -0.465 e. The molecule has 0 radical (unpaired) electrons. The van der Waals surface area contributed by atoms with Gasteiger partial charge in [-0.2, -0.15) is 5.10 Å². The Kier molecular flexibility index (Phi) is 5.21. The zero-order chi connectivity index (χ0) is 17.0. The predicted octanol–water partition coefficient (Wildman–Crippen LogP) is 1.45. The monoisotopic (exact) mass is 389 g/mol. The zero-order valence-corrected chi connectivity index (χ0v) is 13.0. The molecule has 11 heteroatoms. The molecule has 2 N–H and O–H groups in total. The number of amides is 1. The van der Waals surface area contributed by atoms with Gasteiger partial charge in [0.1, 0.15) is 6.33 Å². The smallest absolute Gasteiger partial charge is 0.404 e. The second-order valence-corrected chi connectivity index (χ2v) is 5.24. The summed E-state index contributed by atoms with van der Waals surface area (Å²) in [7, 11) is 0. The number of pyridine rings is 1. The Morgan fingerprint density at radius 3 is 2.87 bits per heavy atom. The van der Waals surface area contributed by atoms with Gasteiger partial charge in [-0.25, -0.2) is 32.6 Å². The van der Waals surface area contributed by atoms with Crippen molar-refractivity contribution >= 4 is 22.0 Å². The van der Waals surface area contributed by atoms with Crippen LogP contribution in [0.25, 0.3) is 5.82 Å². The molecule has 2 aromatic rings. The standard InChI is InChI=1S/C12H10BrF2N5O3/c13-8-1-9(15)10(16-4-8)19-6-18-20(12(19)23)5-7(2-14)3-17-11(21)22/h1-2,4,6,17H,3,5H2,(H,21,22)/b7-2+. The second kappa shape index (κ2) is 7.13. The number of nitrogens with one attached hydrogen (secondary N) is 1. The third kappa shape index (κ3) is 4.00. The first kappa shape index (κ1) is 16.8. The van der Waals surface area contributed by atoms with Crippen LogP contribution in [0.4, 0.5) is 13.6 Å². The van der Waals surface area contributed by atoms with Crippen LogP contribution in [0.5, 0.6) is 0 Å². The largest absolute Gasteiger partial charge is 0.465 e. The van der Waals surface area contributed by atoms with Gasteiger partial charge in [0.25, 0.3) is 0 Å². The summed E-state index contributed by atoms with van der Waals surface area (Å²) < 4.78 is 28.7. The fraction of sp³-hybridized carbons (Fsp3) is 0.167. The SMILES string of the molecule is O=C(O)NC/C(=C\F)Cn1ncn(-c2ncc(Br)cc2F)c1=O. The normalized spacial score (nSPS) is 11.5. The van der Waals surface area contributed by atoms with Crippen LogP contribution in [0, 0.1) is 5.82 Å². The number of halogens is 3. The Balaban J connectivity index is 2.25. The first-order chi connectivity index (χ1) is 10.9. The molecule has 2 rings (SSSR count). The van der Waals surface area contributed by atoms with E-state index in [1.807, 2.05) is 5.32 Å². The summed E-state index contributed by atoms with van der Waals surface area (Å²) in [4.78, 5) is 26.3. The maximum atomic E-state index is 13.8. The predicted molar refractivity (Wildman–Crippen MR) is 78.5 cm³/mol. The van der Waals surface area contributed by atoms with E-state index < -0.39 is 17.6 Å².